The second-order valence-corrected chi connectivity index (χ2v) is 13.7. The van der Waals surface area contributed by atoms with Crippen molar-refractivity contribution in [3.63, 3.8) is 0 Å². The van der Waals surface area contributed by atoms with Crippen LogP contribution in [0, 0.1) is 12.8 Å². The van der Waals surface area contributed by atoms with Gasteiger partial charge in [0.05, 0.1) is 44.7 Å². The predicted octanol–water partition coefficient (Wildman–Crippen LogP) is 4.67. The summed E-state index contributed by atoms with van der Waals surface area (Å²) < 4.78 is 59.6. The molecule has 2 amide bonds. The van der Waals surface area contributed by atoms with Gasteiger partial charge in [-0.1, -0.05) is 50.2 Å². The highest BCUT2D eigenvalue weighted by molar-refractivity contribution is 7.90. The number of sulfonamides is 1. The van der Waals surface area contributed by atoms with Crippen molar-refractivity contribution in [1.82, 2.24) is 19.7 Å². The number of carbonyl (C=O) groups is 1. The average molecular weight is 688 g/mol. The fourth-order valence-electron chi connectivity index (χ4n) is 5.67. The molecule has 0 radical (unpaired) electrons. The zero-order valence-corrected chi connectivity index (χ0v) is 29.3. The highest BCUT2D eigenvalue weighted by atomic mass is 32.2. The molecule has 0 spiro atoms. The van der Waals surface area contributed by atoms with Crippen LogP contribution >= 0.6 is 0 Å². The van der Waals surface area contributed by atoms with Gasteiger partial charge in [0.15, 0.2) is 0 Å². The molecule has 2 bridgehead atoms. The number of nitrogens with zero attached hydrogens (tertiary/aromatic N) is 3. The number of aromatic nitrogens is 3. The molecular weight excluding hydrogens is 642 g/mol. The van der Waals surface area contributed by atoms with Crippen molar-refractivity contribution in [2.24, 2.45) is 5.92 Å². The maximum Gasteiger partial charge on any atom is 0.335 e. The minimum absolute atomic E-state index is 0.0607. The molecule has 3 atom stereocenters. The molecule has 3 unspecified atom stereocenters. The predicted molar refractivity (Wildman–Crippen MR) is 177 cm³/mol. The molecule has 0 saturated carbocycles. The van der Waals surface area contributed by atoms with Crippen molar-refractivity contribution in [2.45, 2.75) is 75.8 Å². The molecule has 5 rings (SSSR count). The molecule has 2 N–H and O–H groups in total. The van der Waals surface area contributed by atoms with Gasteiger partial charge in [-0.15, -0.1) is 4.98 Å². The summed E-state index contributed by atoms with van der Waals surface area (Å²) in [5.41, 5.74) is 2.58. The summed E-state index contributed by atoms with van der Waals surface area (Å²) in [4.78, 5) is 23.2. The lowest BCUT2D eigenvalue weighted by Gasteiger charge is -2.31. The number of methoxy groups -OCH3 is 3. The normalized spacial score (nSPS) is 21.3. The van der Waals surface area contributed by atoms with Gasteiger partial charge in [-0.3, -0.25) is 5.32 Å². The van der Waals surface area contributed by atoms with Crippen LogP contribution in [0.25, 0.3) is 0 Å². The number of benzene rings is 2. The molecule has 2 fully saturated rings. The highest BCUT2D eigenvalue weighted by Crippen LogP contribution is 2.55. The van der Waals surface area contributed by atoms with E-state index in [2.05, 4.69) is 72.2 Å². The molecule has 2 aromatic carbocycles. The lowest BCUT2D eigenvalue weighted by Crippen LogP contribution is -2.38. The van der Waals surface area contributed by atoms with Crippen LogP contribution in [-0.4, -0.2) is 81.3 Å². The Morgan fingerprint density at radius 1 is 0.979 bits per heavy atom. The number of urea groups is 1. The van der Waals surface area contributed by atoms with E-state index in [9.17, 15) is 13.2 Å². The molecule has 3 aromatic rings. The number of nitrogens with one attached hydrogen (secondary N) is 2. The number of rotatable bonds is 13. The first-order chi connectivity index (χ1) is 22.8. The van der Waals surface area contributed by atoms with Crippen LogP contribution in [0.1, 0.15) is 51.2 Å². The van der Waals surface area contributed by atoms with E-state index in [1.54, 1.807) is 6.07 Å². The second-order valence-electron chi connectivity index (χ2n) is 12.0. The number of hydrogen-bond donors (Lipinski definition) is 2. The van der Waals surface area contributed by atoms with Crippen molar-refractivity contribution in [3.05, 3.63) is 59.7 Å². The summed E-state index contributed by atoms with van der Waals surface area (Å²) in [5.74, 6) is 0.376. The Kier molecular flexibility index (Phi) is 12.2. The highest BCUT2D eigenvalue weighted by Gasteiger charge is 2.60. The first kappa shape index (κ1) is 36.8. The Balaban J connectivity index is 0.000000228. The zero-order valence-electron chi connectivity index (χ0n) is 28.4. The first-order valence-electron chi connectivity index (χ1n) is 15.6. The van der Waals surface area contributed by atoms with Crippen LogP contribution in [0.5, 0.6) is 17.8 Å². The van der Waals surface area contributed by atoms with E-state index in [-0.39, 0.29) is 59.1 Å². The number of anilines is 1. The molecule has 14 nitrogen and oxygen atoms in total. The summed E-state index contributed by atoms with van der Waals surface area (Å²) in [6, 6.07) is 13.0. The van der Waals surface area contributed by atoms with Gasteiger partial charge in [0, 0.05) is 13.5 Å². The number of aryl methyl sites for hydroxylation is 1. The number of amides is 2. The summed E-state index contributed by atoms with van der Waals surface area (Å²) in [7, 11) is -0.133. The molecular formula is C33H45N5O9S. The Morgan fingerprint density at radius 2 is 1.65 bits per heavy atom. The standard InChI is InChI=1S/C18H26O2.C15H19N5O7S/c1-13(2)18-10-9-17(4,20-18)16(11-18)19-12-15-8-6-5-7-14(15)3;1-24-8-9-27-10-6-4-5-7-11(10)28(22,23)20-13(21)16-12-17-14(25-2)19-15(18-12)26-3/h5-8,13,16H,9-12H2,1-4H3;4-7H,8-9H2,1-3H3,(H2,16,17,18,19,20,21). The number of fused-ring (bicyclic) bond motifs is 2. The Bertz CT molecular complexity index is 1640. The smallest absolute Gasteiger partial charge is 0.335 e. The number of hydrogen-bond acceptors (Lipinski definition) is 12. The number of ether oxygens (including phenoxy) is 6. The maximum atomic E-state index is 12.5. The lowest BCUT2D eigenvalue weighted by atomic mass is 9.75. The van der Waals surface area contributed by atoms with E-state index in [4.69, 9.17) is 28.4 Å². The summed E-state index contributed by atoms with van der Waals surface area (Å²) in [6.45, 7) is 10.0. The molecule has 2 aliphatic heterocycles. The quantitative estimate of drug-likeness (QED) is 0.239. The SMILES string of the molecule is COCCOc1ccccc1S(=O)(=O)NC(=O)Nc1nc(OC)nc(OC)n1.Cc1ccccc1COC1CC2(C(C)C)CCC1(C)O2. The average Bonchev–Trinajstić information content (AvgIpc) is 3.57. The number of para-hydroxylation sites is 1. The molecule has 1 aromatic heterocycles. The van der Waals surface area contributed by atoms with Crippen LogP contribution in [0.2, 0.25) is 0 Å². The van der Waals surface area contributed by atoms with Crippen molar-refractivity contribution >= 4 is 22.0 Å². The van der Waals surface area contributed by atoms with Gasteiger partial charge in [-0.2, -0.15) is 9.97 Å². The molecule has 262 valence electrons. The maximum absolute atomic E-state index is 12.5. The Morgan fingerprint density at radius 3 is 2.27 bits per heavy atom. The van der Waals surface area contributed by atoms with Gasteiger partial charge in [0.2, 0.25) is 5.95 Å². The number of carbonyl (C=O) groups excluding carboxylic acids is 1. The van der Waals surface area contributed by atoms with Crippen LogP contribution in [0.4, 0.5) is 10.7 Å². The van der Waals surface area contributed by atoms with Gasteiger partial charge in [-0.25, -0.2) is 17.9 Å². The van der Waals surface area contributed by atoms with E-state index < -0.39 is 16.1 Å². The molecule has 0 aliphatic carbocycles. The van der Waals surface area contributed by atoms with Gasteiger partial charge >= 0.3 is 18.1 Å². The molecule has 2 aliphatic rings. The summed E-state index contributed by atoms with van der Waals surface area (Å²) in [5, 5.41) is 2.18. The fourth-order valence-corrected chi connectivity index (χ4v) is 6.73. The topological polar surface area (TPSA) is 169 Å². The van der Waals surface area contributed by atoms with E-state index in [0.29, 0.717) is 12.5 Å². The van der Waals surface area contributed by atoms with Crippen LogP contribution in [-0.2, 0) is 30.8 Å². The summed E-state index contributed by atoms with van der Waals surface area (Å²) in [6.07, 6.45) is 3.60. The zero-order chi connectivity index (χ0) is 35.0. The van der Waals surface area contributed by atoms with E-state index in [1.165, 1.54) is 57.1 Å². The van der Waals surface area contributed by atoms with Crippen LogP contribution < -0.4 is 24.2 Å². The Hall–Kier alpha value is -4.05. The third-order valence-electron chi connectivity index (χ3n) is 8.54. The third kappa shape index (κ3) is 8.89. The molecule has 15 heteroatoms. The third-order valence-corrected chi connectivity index (χ3v) is 9.91. The largest absolute Gasteiger partial charge is 0.490 e. The van der Waals surface area contributed by atoms with Crippen molar-refractivity contribution < 1.29 is 41.6 Å². The second kappa shape index (κ2) is 15.9. The minimum Gasteiger partial charge on any atom is -0.490 e. The first-order valence-corrected chi connectivity index (χ1v) is 17.1. The minimum atomic E-state index is -4.24. The molecule has 3 heterocycles. The van der Waals surface area contributed by atoms with Crippen molar-refractivity contribution in [1.29, 1.82) is 0 Å². The summed E-state index contributed by atoms with van der Waals surface area (Å²) >= 11 is 0. The van der Waals surface area contributed by atoms with E-state index in [0.717, 1.165) is 12.8 Å². The van der Waals surface area contributed by atoms with E-state index >= 15 is 0 Å². The van der Waals surface area contributed by atoms with Gasteiger partial charge in [0.1, 0.15) is 17.3 Å². The van der Waals surface area contributed by atoms with E-state index in [1.807, 2.05) is 4.72 Å². The fraction of sp³-hybridized carbons (Fsp3) is 0.515. The lowest BCUT2D eigenvalue weighted by molar-refractivity contribution is -0.0960. The monoisotopic (exact) mass is 687 g/mol. The molecule has 48 heavy (non-hydrogen) atoms. The van der Waals surface area contributed by atoms with Crippen LogP contribution in [0.3, 0.4) is 0 Å². The van der Waals surface area contributed by atoms with Gasteiger partial charge < -0.3 is 28.4 Å². The van der Waals surface area contributed by atoms with Crippen LogP contribution in [0.15, 0.2) is 53.4 Å². The molecule has 2 saturated heterocycles. The van der Waals surface area contributed by atoms with Crippen molar-refractivity contribution in [2.75, 3.05) is 39.9 Å². The Labute approximate surface area is 281 Å². The van der Waals surface area contributed by atoms with Gasteiger partial charge in [-0.05, 0) is 55.9 Å². The van der Waals surface area contributed by atoms with Gasteiger partial charge in [0.25, 0.3) is 10.0 Å². The van der Waals surface area contributed by atoms with Crippen molar-refractivity contribution in [3.8, 4) is 17.8 Å².